The van der Waals surface area contributed by atoms with Gasteiger partial charge in [0.2, 0.25) is 0 Å². The van der Waals surface area contributed by atoms with E-state index in [1.807, 2.05) is 30.0 Å². The van der Waals surface area contributed by atoms with E-state index in [-0.39, 0.29) is 12.1 Å². The highest BCUT2D eigenvalue weighted by atomic mass is 35.5. The zero-order chi connectivity index (χ0) is 12.6. The Balaban J connectivity index is 2.47. The number of aromatic nitrogens is 2. The summed E-state index contributed by atoms with van der Waals surface area (Å²) < 4.78 is 1.84. The van der Waals surface area contributed by atoms with Crippen molar-refractivity contribution in [2.45, 2.75) is 25.9 Å². The average Bonchev–Trinajstić information content (AvgIpc) is 2.83. The van der Waals surface area contributed by atoms with Crippen LogP contribution in [0.4, 0.5) is 0 Å². The van der Waals surface area contributed by atoms with E-state index in [1.165, 1.54) is 11.3 Å². The average molecular weight is 290 g/mol. The monoisotopic (exact) mass is 289 g/mol. The summed E-state index contributed by atoms with van der Waals surface area (Å²) in [4.78, 5) is 0.913. The van der Waals surface area contributed by atoms with Crippen molar-refractivity contribution in [2.24, 2.45) is 5.73 Å². The molecule has 17 heavy (non-hydrogen) atoms. The van der Waals surface area contributed by atoms with Crippen LogP contribution in [0.2, 0.25) is 10.0 Å². The van der Waals surface area contributed by atoms with Gasteiger partial charge in [0.15, 0.2) is 0 Å². The van der Waals surface area contributed by atoms with Crippen LogP contribution in [-0.2, 0) is 0 Å². The summed E-state index contributed by atoms with van der Waals surface area (Å²) in [7, 11) is 0. The van der Waals surface area contributed by atoms with Crippen LogP contribution in [0.5, 0.6) is 0 Å². The Kier molecular flexibility index (Phi) is 3.78. The molecule has 0 saturated heterocycles. The molecule has 2 rings (SSSR count). The van der Waals surface area contributed by atoms with Gasteiger partial charge in [0.25, 0.3) is 0 Å². The summed E-state index contributed by atoms with van der Waals surface area (Å²) in [6, 6.07) is 1.72. The first kappa shape index (κ1) is 12.9. The standard InChI is InChI=1S/C11H13Cl2N3S/c1-6(2)16-10(8(13)5-15-16)9(14)11-7(12)3-4-17-11/h3-6,9H,14H2,1-2H3. The maximum absolute atomic E-state index is 6.23. The molecule has 0 spiro atoms. The molecule has 2 N–H and O–H groups in total. The van der Waals surface area contributed by atoms with Crippen LogP contribution in [0.25, 0.3) is 0 Å². The van der Waals surface area contributed by atoms with E-state index < -0.39 is 0 Å². The minimum Gasteiger partial charge on any atom is -0.318 e. The number of halogens is 2. The fraction of sp³-hybridized carbons (Fsp3) is 0.364. The van der Waals surface area contributed by atoms with Crippen molar-refractivity contribution in [3.05, 3.63) is 38.3 Å². The minimum atomic E-state index is -0.333. The SMILES string of the molecule is CC(C)n1ncc(Cl)c1C(N)c1sccc1Cl. The van der Waals surface area contributed by atoms with Gasteiger partial charge in [-0.2, -0.15) is 5.10 Å². The Morgan fingerprint density at radius 1 is 1.35 bits per heavy atom. The van der Waals surface area contributed by atoms with E-state index in [0.29, 0.717) is 10.0 Å². The van der Waals surface area contributed by atoms with Crippen LogP contribution < -0.4 is 5.73 Å². The highest BCUT2D eigenvalue weighted by molar-refractivity contribution is 7.10. The number of thiophene rings is 1. The lowest BCUT2D eigenvalue weighted by Gasteiger charge is -2.16. The van der Waals surface area contributed by atoms with E-state index in [0.717, 1.165) is 10.6 Å². The molecule has 2 aromatic heterocycles. The maximum atomic E-state index is 6.23. The summed E-state index contributed by atoms with van der Waals surface area (Å²) in [5.41, 5.74) is 7.04. The molecule has 0 fully saturated rings. The molecule has 1 unspecified atom stereocenters. The second kappa shape index (κ2) is 4.98. The zero-order valence-electron chi connectivity index (χ0n) is 9.52. The molecule has 1 atom stereocenters. The number of hydrogen-bond acceptors (Lipinski definition) is 3. The van der Waals surface area contributed by atoms with Gasteiger partial charge in [-0.25, -0.2) is 0 Å². The molecule has 3 nitrogen and oxygen atoms in total. The van der Waals surface area contributed by atoms with Crippen molar-refractivity contribution in [2.75, 3.05) is 0 Å². The van der Waals surface area contributed by atoms with Crippen LogP contribution in [0, 0.1) is 0 Å². The van der Waals surface area contributed by atoms with Crippen molar-refractivity contribution < 1.29 is 0 Å². The number of nitrogens with zero attached hydrogens (tertiary/aromatic N) is 2. The van der Waals surface area contributed by atoms with Gasteiger partial charge in [-0.1, -0.05) is 23.2 Å². The van der Waals surface area contributed by atoms with E-state index in [1.54, 1.807) is 6.20 Å². The largest absolute Gasteiger partial charge is 0.318 e. The van der Waals surface area contributed by atoms with Crippen LogP contribution in [0.3, 0.4) is 0 Å². The van der Waals surface area contributed by atoms with Gasteiger partial charge in [0.1, 0.15) is 0 Å². The van der Waals surface area contributed by atoms with Crippen LogP contribution in [0.15, 0.2) is 17.6 Å². The highest BCUT2D eigenvalue weighted by Crippen LogP contribution is 2.34. The lowest BCUT2D eigenvalue weighted by atomic mass is 10.1. The van der Waals surface area contributed by atoms with Crippen molar-refractivity contribution in [1.82, 2.24) is 9.78 Å². The third-order valence-corrected chi connectivity index (χ3v) is 4.23. The third-order valence-electron chi connectivity index (χ3n) is 2.50. The molecule has 0 aliphatic rings. The topological polar surface area (TPSA) is 43.8 Å². The van der Waals surface area contributed by atoms with Crippen molar-refractivity contribution in [3.8, 4) is 0 Å². The molecule has 2 aromatic rings. The molecule has 0 amide bonds. The predicted octanol–water partition coefficient (Wildman–Crippen LogP) is 3.88. The summed E-state index contributed by atoms with van der Waals surface area (Å²) in [5, 5.41) is 7.42. The van der Waals surface area contributed by atoms with Gasteiger partial charge in [0, 0.05) is 10.9 Å². The summed E-state index contributed by atoms with van der Waals surface area (Å²) in [6.45, 7) is 4.07. The molecular formula is C11H13Cl2N3S. The predicted molar refractivity (Wildman–Crippen MR) is 73.0 cm³/mol. The summed E-state index contributed by atoms with van der Waals surface area (Å²) >= 11 is 13.8. The quantitative estimate of drug-likeness (QED) is 0.932. The zero-order valence-corrected chi connectivity index (χ0v) is 11.9. The molecule has 0 aliphatic heterocycles. The number of rotatable bonds is 3. The molecule has 0 bridgehead atoms. The van der Waals surface area contributed by atoms with E-state index in [2.05, 4.69) is 5.10 Å². The van der Waals surface area contributed by atoms with Crippen molar-refractivity contribution in [1.29, 1.82) is 0 Å². The fourth-order valence-electron chi connectivity index (χ4n) is 1.70. The number of hydrogen-bond donors (Lipinski definition) is 1. The normalized spacial score (nSPS) is 13.3. The van der Waals surface area contributed by atoms with Crippen LogP contribution in [-0.4, -0.2) is 9.78 Å². The lowest BCUT2D eigenvalue weighted by molar-refractivity contribution is 0.500. The van der Waals surface area contributed by atoms with Gasteiger partial charge in [-0.05, 0) is 25.3 Å². The van der Waals surface area contributed by atoms with Crippen LogP contribution in [0.1, 0.15) is 36.5 Å². The lowest BCUT2D eigenvalue weighted by Crippen LogP contribution is -2.18. The smallest absolute Gasteiger partial charge is 0.0847 e. The van der Waals surface area contributed by atoms with Crippen LogP contribution >= 0.6 is 34.5 Å². The molecule has 0 radical (unpaired) electrons. The second-order valence-electron chi connectivity index (χ2n) is 4.03. The first-order valence-electron chi connectivity index (χ1n) is 5.23. The van der Waals surface area contributed by atoms with Crippen molar-refractivity contribution >= 4 is 34.5 Å². The van der Waals surface area contributed by atoms with Gasteiger partial charge in [0.05, 0.1) is 28.0 Å². The Bertz CT molecular complexity index is 519. The molecule has 0 saturated carbocycles. The van der Waals surface area contributed by atoms with E-state index >= 15 is 0 Å². The first-order valence-corrected chi connectivity index (χ1v) is 6.87. The van der Waals surface area contributed by atoms with Gasteiger partial charge >= 0.3 is 0 Å². The Morgan fingerprint density at radius 3 is 2.59 bits per heavy atom. The first-order chi connectivity index (χ1) is 8.02. The van der Waals surface area contributed by atoms with Gasteiger partial charge < -0.3 is 5.73 Å². The number of nitrogens with two attached hydrogens (primary N) is 1. The van der Waals surface area contributed by atoms with Gasteiger partial charge in [-0.15, -0.1) is 11.3 Å². The highest BCUT2D eigenvalue weighted by Gasteiger charge is 2.22. The molecular weight excluding hydrogens is 277 g/mol. The molecule has 0 aliphatic carbocycles. The van der Waals surface area contributed by atoms with Gasteiger partial charge in [-0.3, -0.25) is 4.68 Å². The molecule has 6 heteroatoms. The minimum absolute atomic E-state index is 0.210. The third kappa shape index (κ3) is 2.36. The second-order valence-corrected chi connectivity index (χ2v) is 5.79. The van der Waals surface area contributed by atoms with Crippen molar-refractivity contribution in [3.63, 3.8) is 0 Å². The maximum Gasteiger partial charge on any atom is 0.0847 e. The summed E-state index contributed by atoms with van der Waals surface area (Å²) in [5.74, 6) is 0. The Labute approximate surface area is 114 Å². The summed E-state index contributed by atoms with van der Waals surface area (Å²) in [6.07, 6.45) is 1.62. The molecule has 2 heterocycles. The Morgan fingerprint density at radius 2 is 2.06 bits per heavy atom. The Hall–Kier alpha value is -0.550. The van der Waals surface area contributed by atoms with E-state index in [9.17, 15) is 0 Å². The van der Waals surface area contributed by atoms with E-state index in [4.69, 9.17) is 28.9 Å². The molecule has 0 aromatic carbocycles. The molecule has 92 valence electrons. The fourth-order valence-corrected chi connectivity index (χ4v) is 3.13.